The van der Waals surface area contributed by atoms with E-state index in [1.165, 1.54) is 0 Å². The summed E-state index contributed by atoms with van der Waals surface area (Å²) < 4.78 is 0. The molecule has 120 valence electrons. The Hall–Kier alpha value is 0.240. The number of anilines is 3. The fraction of sp³-hybridized carbons (Fsp3) is 0.143. The van der Waals surface area contributed by atoms with E-state index >= 15 is 0 Å². The fourth-order valence-electron chi connectivity index (χ4n) is 1.03. The number of benzene rings is 1. The second-order valence-corrected chi connectivity index (χ2v) is 2.96. The third-order valence-electron chi connectivity index (χ3n) is 1.79. The van der Waals surface area contributed by atoms with Crippen molar-refractivity contribution in [3.63, 3.8) is 0 Å². The minimum atomic E-state index is -1.49. The predicted octanol–water partition coefficient (Wildman–Crippen LogP) is 0.950. The summed E-state index contributed by atoms with van der Waals surface area (Å²) in [4.78, 5) is 0. The van der Waals surface area contributed by atoms with E-state index in [2.05, 4.69) is 0 Å². The molecule has 19 heavy (non-hydrogen) atoms. The Morgan fingerprint density at radius 2 is 1.00 bits per heavy atom. The molecule has 0 unspecified atom stereocenters. The smallest absolute Gasteiger partial charge is 0.144 e. The van der Waals surface area contributed by atoms with Crippen molar-refractivity contribution in [2.45, 2.75) is 5.79 Å². The average Bonchev–Trinajstić information content (AvgIpc) is 1.98. The van der Waals surface area contributed by atoms with Gasteiger partial charge in [0.25, 0.3) is 0 Å². The zero-order valence-electron chi connectivity index (χ0n) is 9.57. The number of hydrogen-bond acceptors (Lipinski definition) is 6. The first kappa shape index (κ1) is 36.5. The molecule has 0 atom stereocenters. The van der Waals surface area contributed by atoms with Gasteiger partial charge < -0.3 is 17.2 Å². The van der Waals surface area contributed by atoms with Crippen LogP contribution in [0.4, 0.5) is 17.1 Å². The summed E-state index contributed by atoms with van der Waals surface area (Å²) in [6, 6.07) is 3.11. The summed E-state index contributed by atoms with van der Waals surface area (Å²) in [6.07, 6.45) is 0. The summed E-state index contributed by atoms with van der Waals surface area (Å²) in [5.74, 6) is -1.49. The molecule has 0 saturated carbocycles. The molecular weight excluding hydrogens is 381 g/mol. The number of halogens is 6. The minimum Gasteiger partial charge on any atom is -0.397 e. The Kier molecular flexibility index (Phi) is 25.4. The largest absolute Gasteiger partial charge is 0.397 e. The molecule has 0 aliphatic heterocycles. The van der Waals surface area contributed by atoms with Crippen LogP contribution < -0.4 is 34.4 Å². The first-order valence-electron chi connectivity index (χ1n) is 3.64. The van der Waals surface area contributed by atoms with Crippen molar-refractivity contribution in [1.29, 1.82) is 0 Å². The topological polar surface area (TPSA) is 156 Å². The van der Waals surface area contributed by atoms with Crippen molar-refractivity contribution in [3.8, 4) is 0 Å². The maximum absolute atomic E-state index is 5.62. The van der Waals surface area contributed by atoms with Crippen molar-refractivity contribution in [1.82, 2.24) is 0 Å². The number of hydrogen-bond donors (Lipinski definition) is 6. The van der Waals surface area contributed by atoms with Gasteiger partial charge in [-0.15, -0.1) is 74.4 Å². The van der Waals surface area contributed by atoms with E-state index in [0.717, 1.165) is 0 Å². The van der Waals surface area contributed by atoms with Gasteiger partial charge in [-0.05, 0) is 6.07 Å². The van der Waals surface area contributed by atoms with Crippen LogP contribution >= 0.6 is 74.4 Å². The first-order chi connectivity index (χ1) is 5.84. The third-order valence-corrected chi connectivity index (χ3v) is 1.79. The molecular formula is C7H20Cl6N6. The molecule has 1 rings (SSSR count). The van der Waals surface area contributed by atoms with E-state index in [1.807, 2.05) is 0 Å². The number of rotatable bonds is 1. The Balaban J connectivity index is -0.0000000704. The molecule has 0 aliphatic carbocycles. The summed E-state index contributed by atoms with van der Waals surface area (Å²) in [5, 5.41) is 0. The van der Waals surface area contributed by atoms with Gasteiger partial charge >= 0.3 is 0 Å². The molecule has 0 aliphatic rings. The van der Waals surface area contributed by atoms with Crippen molar-refractivity contribution < 1.29 is 0 Å². The molecule has 0 radical (unpaired) electrons. The highest BCUT2D eigenvalue weighted by atomic mass is 35.5. The van der Waals surface area contributed by atoms with Crippen LogP contribution in [0.25, 0.3) is 0 Å². The zero-order chi connectivity index (χ0) is 10.2. The van der Waals surface area contributed by atoms with E-state index in [1.54, 1.807) is 12.1 Å². The molecule has 0 heterocycles. The summed E-state index contributed by atoms with van der Waals surface area (Å²) in [5.41, 5.74) is 34.3. The monoisotopic (exact) mass is 398 g/mol. The van der Waals surface area contributed by atoms with E-state index in [9.17, 15) is 0 Å². The van der Waals surface area contributed by atoms with Gasteiger partial charge in [0, 0.05) is 5.56 Å². The number of nitrogen functional groups attached to an aromatic ring is 3. The van der Waals surface area contributed by atoms with Crippen molar-refractivity contribution in [3.05, 3.63) is 17.7 Å². The van der Waals surface area contributed by atoms with Gasteiger partial charge in [0.2, 0.25) is 0 Å². The molecule has 1 aromatic carbocycles. The zero-order valence-corrected chi connectivity index (χ0v) is 14.5. The highest BCUT2D eigenvalue weighted by molar-refractivity contribution is 5.86. The molecule has 0 amide bonds. The average molecular weight is 401 g/mol. The molecule has 0 fully saturated rings. The maximum Gasteiger partial charge on any atom is 0.144 e. The molecule has 6 nitrogen and oxygen atoms in total. The summed E-state index contributed by atoms with van der Waals surface area (Å²) >= 11 is 0. The van der Waals surface area contributed by atoms with Crippen LogP contribution in [-0.4, -0.2) is 0 Å². The first-order valence-corrected chi connectivity index (χ1v) is 3.64. The lowest BCUT2D eigenvalue weighted by atomic mass is 10.1. The van der Waals surface area contributed by atoms with Gasteiger partial charge in [0.05, 0.1) is 17.1 Å². The van der Waals surface area contributed by atoms with Crippen molar-refractivity contribution in [2.75, 3.05) is 17.2 Å². The second kappa shape index (κ2) is 13.2. The van der Waals surface area contributed by atoms with Crippen LogP contribution in [0.15, 0.2) is 12.1 Å². The van der Waals surface area contributed by atoms with Crippen LogP contribution in [-0.2, 0) is 5.79 Å². The highest BCUT2D eigenvalue weighted by Crippen LogP contribution is 2.28. The lowest BCUT2D eigenvalue weighted by Gasteiger charge is -2.22. The van der Waals surface area contributed by atoms with Crippen LogP contribution in [0.1, 0.15) is 5.56 Å². The van der Waals surface area contributed by atoms with Crippen molar-refractivity contribution in [2.24, 2.45) is 17.2 Å². The maximum atomic E-state index is 5.62. The molecule has 12 N–H and O–H groups in total. The Labute approximate surface area is 149 Å². The fourth-order valence-corrected chi connectivity index (χ4v) is 1.03. The van der Waals surface area contributed by atoms with Gasteiger partial charge in [-0.3, -0.25) is 17.2 Å². The van der Waals surface area contributed by atoms with Crippen LogP contribution in [0.2, 0.25) is 0 Å². The Bertz CT molecular complexity index is 344. The van der Waals surface area contributed by atoms with Crippen molar-refractivity contribution >= 4 is 91.5 Å². The Morgan fingerprint density at radius 3 is 1.32 bits per heavy atom. The standard InChI is InChI=1S/C7H14N6.6ClH/c8-4-2-1-3(7(11,12)13)5(9)6(4)10;;;;;;/h1-2H,8-13H2;6*1H. The van der Waals surface area contributed by atoms with Crippen LogP contribution in [0, 0.1) is 0 Å². The molecule has 0 bridgehead atoms. The second-order valence-electron chi connectivity index (χ2n) is 2.96. The van der Waals surface area contributed by atoms with E-state index in [4.69, 9.17) is 34.4 Å². The van der Waals surface area contributed by atoms with E-state index in [-0.39, 0.29) is 85.8 Å². The van der Waals surface area contributed by atoms with Crippen LogP contribution in [0.3, 0.4) is 0 Å². The minimum absolute atomic E-state index is 0. The third kappa shape index (κ3) is 8.91. The van der Waals surface area contributed by atoms with Gasteiger partial charge in [-0.2, -0.15) is 0 Å². The van der Waals surface area contributed by atoms with Gasteiger partial charge in [0.15, 0.2) is 0 Å². The molecule has 12 heteroatoms. The normalized spacial score (nSPS) is 7.95. The van der Waals surface area contributed by atoms with E-state index < -0.39 is 5.79 Å². The molecule has 1 aromatic rings. The van der Waals surface area contributed by atoms with Gasteiger partial charge in [-0.25, -0.2) is 0 Å². The summed E-state index contributed by atoms with van der Waals surface area (Å²) in [6.45, 7) is 0. The molecule has 0 spiro atoms. The quantitative estimate of drug-likeness (QED) is 0.304. The van der Waals surface area contributed by atoms with Gasteiger partial charge in [-0.1, -0.05) is 6.07 Å². The molecule has 0 saturated heterocycles. The molecule has 0 aromatic heterocycles. The SMILES string of the molecule is Cl.Cl.Cl.Cl.Cl.Cl.Nc1ccc(C(N)(N)N)c(N)c1N. The number of nitrogens with two attached hydrogens (primary N) is 6. The van der Waals surface area contributed by atoms with Crippen LogP contribution in [0.5, 0.6) is 0 Å². The lowest BCUT2D eigenvalue weighted by Crippen LogP contribution is -2.54. The van der Waals surface area contributed by atoms with Gasteiger partial charge in [0.1, 0.15) is 5.79 Å². The Morgan fingerprint density at radius 1 is 0.632 bits per heavy atom. The summed E-state index contributed by atoms with van der Waals surface area (Å²) in [7, 11) is 0. The predicted molar refractivity (Wildman–Crippen MR) is 97.4 cm³/mol. The lowest BCUT2D eigenvalue weighted by molar-refractivity contribution is 0.491. The van der Waals surface area contributed by atoms with E-state index in [0.29, 0.717) is 11.3 Å². The highest BCUT2D eigenvalue weighted by Gasteiger charge is 2.20.